The molecule has 1 fully saturated rings. The van der Waals surface area contributed by atoms with Gasteiger partial charge in [-0.1, -0.05) is 36.4 Å². The van der Waals surface area contributed by atoms with Gasteiger partial charge in [-0.15, -0.1) is 5.10 Å². The first-order valence-corrected chi connectivity index (χ1v) is 7.73. The molecule has 0 radical (unpaired) electrons. The molecule has 1 aromatic heterocycles. The van der Waals surface area contributed by atoms with E-state index in [4.69, 9.17) is 9.47 Å². The summed E-state index contributed by atoms with van der Waals surface area (Å²) in [6, 6.07) is 15.6. The highest BCUT2D eigenvalue weighted by molar-refractivity contribution is 5.91. The molecular formula is C18H16N4O2. The number of fused-ring (bicyclic) bond motifs is 1. The molecule has 0 bridgehead atoms. The lowest BCUT2D eigenvalue weighted by molar-refractivity contribution is 0.263. The fourth-order valence-electron chi connectivity index (χ4n) is 2.34. The number of benzene rings is 2. The van der Waals surface area contributed by atoms with Gasteiger partial charge in [0.05, 0.1) is 19.0 Å². The molecule has 6 nitrogen and oxygen atoms in total. The van der Waals surface area contributed by atoms with E-state index in [1.807, 2.05) is 48.5 Å². The van der Waals surface area contributed by atoms with Crippen LogP contribution in [0.15, 0.2) is 59.8 Å². The van der Waals surface area contributed by atoms with Crippen LogP contribution < -0.4 is 10.2 Å². The van der Waals surface area contributed by atoms with Gasteiger partial charge in [0.1, 0.15) is 18.5 Å². The van der Waals surface area contributed by atoms with E-state index in [0.717, 1.165) is 28.7 Å². The van der Waals surface area contributed by atoms with Crippen LogP contribution in [0.4, 0.5) is 5.82 Å². The van der Waals surface area contributed by atoms with E-state index in [9.17, 15) is 0 Å². The quantitative estimate of drug-likeness (QED) is 0.429. The number of aromatic nitrogens is 2. The maximum Gasteiger partial charge on any atom is 0.176 e. The average Bonchev–Trinajstić information content (AvgIpc) is 3.45. The number of epoxide rings is 1. The topological polar surface area (TPSA) is 71.9 Å². The van der Waals surface area contributed by atoms with E-state index in [1.165, 1.54) is 0 Å². The third-order valence-corrected chi connectivity index (χ3v) is 3.69. The molecule has 1 saturated heterocycles. The lowest BCUT2D eigenvalue weighted by Gasteiger charge is -2.07. The Morgan fingerprint density at radius 3 is 2.96 bits per heavy atom. The molecule has 2 heterocycles. The van der Waals surface area contributed by atoms with Gasteiger partial charge in [0, 0.05) is 16.3 Å². The number of anilines is 1. The number of hydrogen-bond acceptors (Lipinski definition) is 6. The molecule has 1 aliphatic rings. The second-order valence-corrected chi connectivity index (χ2v) is 5.45. The minimum absolute atomic E-state index is 0.221. The molecule has 24 heavy (non-hydrogen) atoms. The maximum atomic E-state index is 5.76. The van der Waals surface area contributed by atoms with E-state index < -0.39 is 0 Å². The molecule has 0 spiro atoms. The molecule has 0 aliphatic carbocycles. The third-order valence-electron chi connectivity index (χ3n) is 3.69. The molecule has 1 aliphatic heterocycles. The summed E-state index contributed by atoms with van der Waals surface area (Å²) in [6.45, 7) is 1.34. The van der Waals surface area contributed by atoms with E-state index in [-0.39, 0.29) is 6.10 Å². The van der Waals surface area contributed by atoms with Crippen molar-refractivity contribution >= 4 is 22.8 Å². The monoisotopic (exact) mass is 320 g/mol. The number of ether oxygens (including phenoxy) is 2. The fraction of sp³-hybridized carbons (Fsp3) is 0.167. The Morgan fingerprint density at radius 1 is 1.21 bits per heavy atom. The summed E-state index contributed by atoms with van der Waals surface area (Å²) >= 11 is 0. The zero-order valence-electron chi connectivity index (χ0n) is 12.9. The van der Waals surface area contributed by atoms with Crippen molar-refractivity contribution in [1.29, 1.82) is 0 Å². The van der Waals surface area contributed by atoms with Crippen molar-refractivity contribution in [3.63, 3.8) is 0 Å². The number of rotatable bonds is 6. The van der Waals surface area contributed by atoms with Crippen LogP contribution in [0.25, 0.3) is 10.8 Å². The van der Waals surface area contributed by atoms with Gasteiger partial charge in [-0.2, -0.15) is 10.2 Å². The summed E-state index contributed by atoms with van der Waals surface area (Å²) in [5, 5.41) is 14.4. The Kier molecular flexibility index (Phi) is 4.04. The first-order valence-electron chi connectivity index (χ1n) is 7.73. The van der Waals surface area contributed by atoms with Crippen molar-refractivity contribution in [3.05, 3.63) is 60.3 Å². The lowest BCUT2D eigenvalue weighted by atomic mass is 10.2. The highest BCUT2D eigenvalue weighted by Crippen LogP contribution is 2.20. The molecule has 3 aromatic rings. The van der Waals surface area contributed by atoms with Gasteiger partial charge in [-0.3, -0.25) is 5.43 Å². The van der Waals surface area contributed by atoms with E-state index >= 15 is 0 Å². The normalized spacial score (nSPS) is 16.4. The number of nitrogens with one attached hydrogen (secondary N) is 1. The van der Waals surface area contributed by atoms with Crippen molar-refractivity contribution in [3.8, 4) is 5.75 Å². The predicted octanol–water partition coefficient (Wildman–Crippen LogP) is 2.85. The molecule has 2 aromatic carbocycles. The molecule has 0 amide bonds. The van der Waals surface area contributed by atoms with Crippen LogP contribution >= 0.6 is 0 Å². The Labute approximate surface area is 139 Å². The zero-order valence-corrected chi connectivity index (χ0v) is 12.9. The van der Waals surface area contributed by atoms with Gasteiger partial charge in [0.25, 0.3) is 0 Å². The van der Waals surface area contributed by atoms with Crippen LogP contribution in [0, 0.1) is 0 Å². The Morgan fingerprint density at radius 2 is 2.04 bits per heavy atom. The summed E-state index contributed by atoms with van der Waals surface area (Å²) < 4.78 is 10.9. The van der Waals surface area contributed by atoms with Gasteiger partial charge in [0.15, 0.2) is 5.82 Å². The van der Waals surface area contributed by atoms with E-state index in [0.29, 0.717) is 12.4 Å². The van der Waals surface area contributed by atoms with Crippen molar-refractivity contribution in [2.45, 2.75) is 6.10 Å². The van der Waals surface area contributed by atoms with Crippen LogP contribution in [0.2, 0.25) is 0 Å². The van der Waals surface area contributed by atoms with E-state index in [2.05, 4.69) is 20.7 Å². The second kappa shape index (κ2) is 6.64. The van der Waals surface area contributed by atoms with Crippen molar-refractivity contribution in [2.75, 3.05) is 18.6 Å². The highest BCUT2D eigenvalue weighted by atomic mass is 16.6. The smallest absolute Gasteiger partial charge is 0.176 e. The van der Waals surface area contributed by atoms with Crippen LogP contribution in [-0.4, -0.2) is 35.7 Å². The molecule has 0 saturated carbocycles. The molecule has 120 valence electrons. The van der Waals surface area contributed by atoms with Gasteiger partial charge < -0.3 is 9.47 Å². The summed E-state index contributed by atoms with van der Waals surface area (Å²) in [4.78, 5) is 0. The Balaban J connectivity index is 1.50. The van der Waals surface area contributed by atoms with Crippen molar-refractivity contribution in [2.24, 2.45) is 5.10 Å². The minimum Gasteiger partial charge on any atom is -0.490 e. The molecule has 1 atom stereocenters. The summed E-state index contributed by atoms with van der Waals surface area (Å²) in [6.07, 6.45) is 3.67. The highest BCUT2D eigenvalue weighted by Gasteiger charge is 2.23. The van der Waals surface area contributed by atoms with E-state index in [1.54, 1.807) is 12.4 Å². The first kappa shape index (κ1) is 14.6. The van der Waals surface area contributed by atoms with Gasteiger partial charge in [-0.25, -0.2) is 0 Å². The average molecular weight is 320 g/mol. The second-order valence-electron chi connectivity index (χ2n) is 5.45. The third kappa shape index (κ3) is 3.33. The largest absolute Gasteiger partial charge is 0.490 e. The van der Waals surface area contributed by atoms with Crippen LogP contribution in [-0.2, 0) is 4.74 Å². The molecular weight excluding hydrogens is 304 g/mol. The first-order chi connectivity index (χ1) is 11.9. The number of hydrazone groups is 1. The molecule has 1 unspecified atom stereocenters. The number of nitrogens with zero attached hydrogens (tertiary/aromatic N) is 3. The van der Waals surface area contributed by atoms with Gasteiger partial charge in [0.2, 0.25) is 0 Å². The summed E-state index contributed by atoms with van der Waals surface area (Å²) in [5.41, 5.74) is 3.84. The molecule has 6 heteroatoms. The molecule has 1 N–H and O–H groups in total. The minimum atomic E-state index is 0.221. The Bertz CT molecular complexity index is 872. The SMILES string of the molecule is C(=N\Nc1nncc2ccccc12)/c1ccccc1OCC1CO1. The number of para-hydroxylation sites is 1. The van der Waals surface area contributed by atoms with Crippen molar-refractivity contribution in [1.82, 2.24) is 10.2 Å². The summed E-state index contributed by atoms with van der Waals surface area (Å²) in [7, 11) is 0. The lowest BCUT2D eigenvalue weighted by Crippen LogP contribution is -2.06. The fourth-order valence-corrected chi connectivity index (χ4v) is 2.34. The van der Waals surface area contributed by atoms with Crippen LogP contribution in [0.3, 0.4) is 0 Å². The van der Waals surface area contributed by atoms with Gasteiger partial charge >= 0.3 is 0 Å². The van der Waals surface area contributed by atoms with Crippen LogP contribution in [0.5, 0.6) is 5.75 Å². The standard InChI is InChI=1S/C18H16N4O2/c1-3-7-16-13(5-1)9-19-21-18(16)22-20-10-14-6-2-4-8-17(14)24-12-15-11-23-15/h1-10,15H,11-12H2,(H,21,22)/b20-10+. The predicted molar refractivity (Wildman–Crippen MR) is 92.4 cm³/mol. The van der Waals surface area contributed by atoms with Gasteiger partial charge in [-0.05, 0) is 12.1 Å². The van der Waals surface area contributed by atoms with Crippen LogP contribution in [0.1, 0.15) is 5.56 Å². The Hall–Kier alpha value is -2.99. The summed E-state index contributed by atoms with van der Waals surface area (Å²) in [5.74, 6) is 1.40. The zero-order chi connectivity index (χ0) is 16.2. The molecule has 4 rings (SSSR count). The number of hydrogen-bond donors (Lipinski definition) is 1. The maximum absolute atomic E-state index is 5.76. The van der Waals surface area contributed by atoms with Crippen molar-refractivity contribution < 1.29 is 9.47 Å².